The van der Waals surface area contributed by atoms with E-state index in [4.69, 9.17) is 16.9 Å². The molecule has 0 aliphatic rings. The van der Waals surface area contributed by atoms with E-state index in [9.17, 15) is 4.39 Å². The van der Waals surface area contributed by atoms with Crippen molar-refractivity contribution in [2.24, 2.45) is 0 Å². The minimum absolute atomic E-state index is 0.0589. The second-order valence-electron chi connectivity index (χ2n) is 4.26. The van der Waals surface area contributed by atoms with E-state index in [0.717, 1.165) is 11.3 Å². The van der Waals surface area contributed by atoms with Crippen LogP contribution in [0, 0.1) is 17.1 Å². The molecule has 0 fully saturated rings. The zero-order valence-corrected chi connectivity index (χ0v) is 11.2. The van der Waals surface area contributed by atoms with Gasteiger partial charge in [-0.3, -0.25) is 0 Å². The topological polar surface area (TPSA) is 27.0 Å². The van der Waals surface area contributed by atoms with Crippen molar-refractivity contribution < 1.29 is 4.39 Å². The summed E-state index contributed by atoms with van der Waals surface area (Å²) in [5.74, 6) is -0.497. The Morgan fingerprint density at radius 1 is 1.21 bits per heavy atom. The van der Waals surface area contributed by atoms with Crippen LogP contribution in [0.3, 0.4) is 0 Å². The van der Waals surface area contributed by atoms with Gasteiger partial charge in [0.05, 0.1) is 5.56 Å². The Morgan fingerprint density at radius 2 is 1.89 bits per heavy atom. The molecule has 2 aromatic carbocycles. The number of hydrogen-bond donors (Lipinski definition) is 0. The summed E-state index contributed by atoms with van der Waals surface area (Å²) >= 11 is 5.83. The largest absolute Gasteiger partial charge is 0.370 e. The molecule has 0 aromatic heterocycles. The van der Waals surface area contributed by atoms with Gasteiger partial charge >= 0.3 is 0 Å². The van der Waals surface area contributed by atoms with Gasteiger partial charge < -0.3 is 4.90 Å². The van der Waals surface area contributed by atoms with Gasteiger partial charge in [0.1, 0.15) is 11.9 Å². The second kappa shape index (κ2) is 5.73. The standard InChI is InChI=1S/C15H12ClFN2/c1-19(10-11-2-5-13(16)6-3-11)14-7-4-12(9-18)15(17)8-14/h2-8H,10H2,1H3. The summed E-state index contributed by atoms with van der Waals surface area (Å²) in [6.07, 6.45) is 0. The van der Waals surface area contributed by atoms with Gasteiger partial charge in [0.25, 0.3) is 0 Å². The second-order valence-corrected chi connectivity index (χ2v) is 4.69. The summed E-state index contributed by atoms with van der Waals surface area (Å²) in [4.78, 5) is 1.91. The lowest BCUT2D eigenvalue weighted by Crippen LogP contribution is -2.16. The van der Waals surface area contributed by atoms with Crippen LogP contribution in [0.15, 0.2) is 42.5 Å². The van der Waals surface area contributed by atoms with E-state index >= 15 is 0 Å². The van der Waals surface area contributed by atoms with Crippen molar-refractivity contribution in [2.45, 2.75) is 6.54 Å². The normalized spacial score (nSPS) is 10.0. The van der Waals surface area contributed by atoms with Gasteiger partial charge in [-0.2, -0.15) is 5.26 Å². The van der Waals surface area contributed by atoms with Crippen molar-refractivity contribution in [1.82, 2.24) is 0 Å². The Labute approximate surface area is 116 Å². The molecule has 0 bridgehead atoms. The molecule has 0 saturated heterocycles. The zero-order chi connectivity index (χ0) is 13.8. The molecule has 0 atom stereocenters. The molecule has 19 heavy (non-hydrogen) atoms. The Hall–Kier alpha value is -2.05. The van der Waals surface area contributed by atoms with Crippen molar-refractivity contribution in [1.29, 1.82) is 5.26 Å². The molecule has 0 amide bonds. The van der Waals surface area contributed by atoms with Crippen molar-refractivity contribution in [2.75, 3.05) is 11.9 Å². The number of anilines is 1. The van der Waals surface area contributed by atoms with Crippen molar-refractivity contribution in [3.05, 3.63) is 64.4 Å². The quantitative estimate of drug-likeness (QED) is 0.846. The Morgan fingerprint density at radius 3 is 2.47 bits per heavy atom. The van der Waals surface area contributed by atoms with Crippen LogP contribution in [0.25, 0.3) is 0 Å². The monoisotopic (exact) mass is 274 g/mol. The van der Waals surface area contributed by atoms with E-state index in [1.807, 2.05) is 42.3 Å². The van der Waals surface area contributed by atoms with Crippen molar-refractivity contribution in [3.8, 4) is 6.07 Å². The lowest BCUT2D eigenvalue weighted by atomic mass is 10.1. The molecule has 2 rings (SSSR count). The molecule has 0 unspecified atom stereocenters. The minimum Gasteiger partial charge on any atom is -0.370 e. The first-order chi connectivity index (χ1) is 9.10. The highest BCUT2D eigenvalue weighted by molar-refractivity contribution is 6.30. The Balaban J connectivity index is 2.16. The third-order valence-corrected chi connectivity index (χ3v) is 3.10. The van der Waals surface area contributed by atoms with Gasteiger partial charge in [0.2, 0.25) is 0 Å². The fourth-order valence-electron chi connectivity index (χ4n) is 1.79. The van der Waals surface area contributed by atoms with E-state index in [0.29, 0.717) is 11.6 Å². The summed E-state index contributed by atoms with van der Waals surface area (Å²) in [7, 11) is 1.87. The van der Waals surface area contributed by atoms with E-state index in [1.165, 1.54) is 12.1 Å². The van der Waals surface area contributed by atoms with Crippen LogP contribution in [0.4, 0.5) is 10.1 Å². The van der Waals surface area contributed by atoms with E-state index in [1.54, 1.807) is 6.07 Å². The van der Waals surface area contributed by atoms with Gasteiger partial charge in [-0.05, 0) is 35.9 Å². The predicted octanol–water partition coefficient (Wildman–Crippen LogP) is 3.99. The molecule has 0 spiro atoms. The first-order valence-electron chi connectivity index (χ1n) is 5.75. The Bertz CT molecular complexity index is 617. The highest BCUT2D eigenvalue weighted by Gasteiger charge is 2.07. The number of rotatable bonds is 3. The molecule has 0 aliphatic carbocycles. The molecule has 4 heteroatoms. The molecule has 0 N–H and O–H groups in total. The number of hydrogen-bond acceptors (Lipinski definition) is 2. The highest BCUT2D eigenvalue weighted by Crippen LogP contribution is 2.19. The maximum absolute atomic E-state index is 13.5. The molecule has 0 radical (unpaired) electrons. The van der Waals surface area contributed by atoms with Crippen LogP contribution in [0.1, 0.15) is 11.1 Å². The molecule has 2 aromatic rings. The van der Waals surface area contributed by atoms with E-state index in [-0.39, 0.29) is 5.56 Å². The maximum Gasteiger partial charge on any atom is 0.143 e. The molecular weight excluding hydrogens is 263 g/mol. The highest BCUT2D eigenvalue weighted by atomic mass is 35.5. The van der Waals surface area contributed by atoms with Gasteiger partial charge in [-0.25, -0.2) is 4.39 Å². The SMILES string of the molecule is CN(Cc1ccc(Cl)cc1)c1ccc(C#N)c(F)c1. The molecule has 0 aliphatic heterocycles. The number of benzene rings is 2. The first kappa shape index (κ1) is 13.4. The van der Waals surface area contributed by atoms with Crippen LogP contribution in [-0.2, 0) is 6.54 Å². The van der Waals surface area contributed by atoms with Gasteiger partial charge in [0, 0.05) is 24.3 Å². The van der Waals surface area contributed by atoms with Crippen molar-refractivity contribution in [3.63, 3.8) is 0 Å². The summed E-state index contributed by atoms with van der Waals surface area (Å²) < 4.78 is 13.5. The molecule has 0 saturated carbocycles. The summed E-state index contributed by atoms with van der Waals surface area (Å²) in [5, 5.41) is 9.38. The zero-order valence-electron chi connectivity index (χ0n) is 10.4. The number of nitriles is 1. The first-order valence-corrected chi connectivity index (χ1v) is 6.13. The van der Waals surface area contributed by atoms with Gasteiger partial charge in [0.15, 0.2) is 0 Å². The average molecular weight is 275 g/mol. The Kier molecular flexibility index (Phi) is 4.03. The van der Waals surface area contributed by atoms with Crippen LogP contribution in [-0.4, -0.2) is 7.05 Å². The fourth-order valence-corrected chi connectivity index (χ4v) is 1.91. The van der Waals surface area contributed by atoms with Crippen molar-refractivity contribution >= 4 is 17.3 Å². The average Bonchev–Trinajstić information content (AvgIpc) is 2.41. The number of nitrogens with zero attached hydrogens (tertiary/aromatic N) is 2. The molecule has 0 heterocycles. The smallest absolute Gasteiger partial charge is 0.143 e. The lowest BCUT2D eigenvalue weighted by Gasteiger charge is -2.19. The molecule has 2 nitrogen and oxygen atoms in total. The molecular formula is C15H12ClFN2. The summed E-state index contributed by atoms with van der Waals surface area (Å²) in [6, 6.07) is 13.9. The van der Waals surface area contributed by atoms with Crippen LogP contribution in [0.5, 0.6) is 0 Å². The predicted molar refractivity (Wildman–Crippen MR) is 74.7 cm³/mol. The van der Waals surface area contributed by atoms with E-state index in [2.05, 4.69) is 0 Å². The summed E-state index contributed by atoms with van der Waals surface area (Å²) in [5.41, 5.74) is 1.87. The third-order valence-electron chi connectivity index (χ3n) is 2.85. The van der Waals surface area contributed by atoms with Crippen LogP contribution in [0.2, 0.25) is 5.02 Å². The number of halogens is 2. The maximum atomic E-state index is 13.5. The van der Waals surface area contributed by atoms with E-state index < -0.39 is 5.82 Å². The van der Waals surface area contributed by atoms with Gasteiger partial charge in [-0.15, -0.1) is 0 Å². The fraction of sp³-hybridized carbons (Fsp3) is 0.133. The molecule has 96 valence electrons. The lowest BCUT2D eigenvalue weighted by molar-refractivity contribution is 0.623. The minimum atomic E-state index is -0.497. The third kappa shape index (κ3) is 3.24. The summed E-state index contributed by atoms with van der Waals surface area (Å²) in [6.45, 7) is 0.641. The van der Waals surface area contributed by atoms with Crippen LogP contribution < -0.4 is 4.90 Å². The van der Waals surface area contributed by atoms with Crippen LogP contribution >= 0.6 is 11.6 Å². The van der Waals surface area contributed by atoms with Gasteiger partial charge in [-0.1, -0.05) is 23.7 Å².